The van der Waals surface area contributed by atoms with Gasteiger partial charge in [-0.3, -0.25) is 29.5 Å². The second kappa shape index (κ2) is 6.08. The lowest BCUT2D eigenvalue weighted by molar-refractivity contribution is -0.384. The zero-order valence-electron chi connectivity index (χ0n) is 14.9. The first-order valence-electron chi connectivity index (χ1n) is 8.35. The van der Waals surface area contributed by atoms with E-state index in [4.69, 9.17) is 0 Å². The van der Waals surface area contributed by atoms with Crippen LogP contribution in [0.25, 0.3) is 0 Å². The van der Waals surface area contributed by atoms with Crippen molar-refractivity contribution in [2.24, 2.45) is 5.41 Å². The molecule has 1 spiro atoms. The Morgan fingerprint density at radius 1 is 1.19 bits per heavy atom. The second-order valence-corrected chi connectivity index (χ2v) is 6.79. The number of hydrogen-bond acceptors (Lipinski definition) is 6. The summed E-state index contributed by atoms with van der Waals surface area (Å²) in [6.07, 6.45) is 0.608. The zero-order valence-corrected chi connectivity index (χ0v) is 14.9. The summed E-state index contributed by atoms with van der Waals surface area (Å²) in [6.45, 7) is 2.19. The molecule has 0 radical (unpaired) electrons. The average molecular weight is 360 g/mol. The number of benzene rings is 1. The first-order chi connectivity index (χ1) is 12.2. The molecule has 1 atom stereocenters. The van der Waals surface area contributed by atoms with Crippen molar-refractivity contribution in [3.63, 3.8) is 0 Å². The quantitative estimate of drug-likeness (QED) is 0.458. The summed E-state index contributed by atoms with van der Waals surface area (Å²) in [4.78, 5) is 52.8. The largest absolute Gasteiger partial charge is 0.373 e. The van der Waals surface area contributed by atoms with Crippen molar-refractivity contribution < 1.29 is 19.3 Å². The van der Waals surface area contributed by atoms with Crippen LogP contribution in [-0.4, -0.2) is 59.8 Å². The van der Waals surface area contributed by atoms with E-state index in [1.165, 1.54) is 19.2 Å². The molecule has 138 valence electrons. The highest BCUT2D eigenvalue weighted by Crippen LogP contribution is 2.42. The third-order valence-corrected chi connectivity index (χ3v) is 5.02. The molecule has 3 rings (SSSR count). The van der Waals surface area contributed by atoms with Crippen LogP contribution in [0.1, 0.15) is 18.9 Å². The first kappa shape index (κ1) is 17.8. The van der Waals surface area contributed by atoms with Gasteiger partial charge in [-0.25, -0.2) is 4.79 Å². The van der Waals surface area contributed by atoms with Crippen LogP contribution >= 0.6 is 0 Å². The molecule has 0 bridgehead atoms. The van der Waals surface area contributed by atoms with Crippen LogP contribution in [0, 0.1) is 15.5 Å². The van der Waals surface area contributed by atoms with Crippen molar-refractivity contribution in [1.82, 2.24) is 9.80 Å². The minimum atomic E-state index is -1.45. The highest BCUT2D eigenvalue weighted by atomic mass is 16.6. The molecule has 1 saturated heterocycles. The molecule has 9 heteroatoms. The van der Waals surface area contributed by atoms with Crippen molar-refractivity contribution in [3.8, 4) is 0 Å². The lowest BCUT2D eigenvalue weighted by Gasteiger charge is -2.47. The van der Waals surface area contributed by atoms with Gasteiger partial charge in [0.15, 0.2) is 5.41 Å². The van der Waals surface area contributed by atoms with Crippen LogP contribution in [0.2, 0.25) is 0 Å². The zero-order chi connectivity index (χ0) is 19.2. The molecule has 26 heavy (non-hydrogen) atoms. The van der Waals surface area contributed by atoms with E-state index in [0.29, 0.717) is 12.0 Å². The highest BCUT2D eigenvalue weighted by molar-refractivity contribution is 6.19. The molecule has 4 amide bonds. The van der Waals surface area contributed by atoms with E-state index in [-0.39, 0.29) is 25.2 Å². The van der Waals surface area contributed by atoms with Gasteiger partial charge < -0.3 is 4.90 Å². The van der Waals surface area contributed by atoms with Crippen LogP contribution in [-0.2, 0) is 16.0 Å². The topological polar surface area (TPSA) is 104 Å². The lowest BCUT2D eigenvalue weighted by Crippen LogP contribution is -2.68. The predicted octanol–water partition coefficient (Wildman–Crippen LogP) is 1.40. The van der Waals surface area contributed by atoms with Crippen LogP contribution in [0.15, 0.2) is 18.2 Å². The fraction of sp³-hybridized carbons (Fsp3) is 0.471. The van der Waals surface area contributed by atoms with Gasteiger partial charge >= 0.3 is 6.03 Å². The number of nitro groups is 1. The first-order valence-corrected chi connectivity index (χ1v) is 8.35. The van der Waals surface area contributed by atoms with E-state index in [1.54, 1.807) is 18.0 Å². The van der Waals surface area contributed by atoms with E-state index >= 15 is 0 Å². The number of anilines is 1. The monoisotopic (exact) mass is 360 g/mol. The molecule has 9 nitrogen and oxygen atoms in total. The van der Waals surface area contributed by atoms with Gasteiger partial charge in [0.25, 0.3) is 5.69 Å². The molecular formula is C17H20N4O5. The van der Waals surface area contributed by atoms with Crippen molar-refractivity contribution in [1.29, 1.82) is 0 Å². The van der Waals surface area contributed by atoms with Crippen molar-refractivity contribution >= 4 is 29.2 Å². The number of carbonyl (C=O) groups excluding carboxylic acids is 3. The third kappa shape index (κ3) is 2.42. The van der Waals surface area contributed by atoms with Crippen LogP contribution < -0.4 is 4.90 Å². The summed E-state index contributed by atoms with van der Waals surface area (Å²) in [5.74, 6) is -1.10. The van der Waals surface area contributed by atoms with E-state index in [0.717, 1.165) is 15.5 Å². The SMILES string of the molecule is CCCN1C(=O)N(C)C(=O)C2(Cc3cc([N+](=O)[O-])ccc3N(C)C2)C1=O. The van der Waals surface area contributed by atoms with E-state index in [9.17, 15) is 24.5 Å². The summed E-state index contributed by atoms with van der Waals surface area (Å²) in [7, 11) is 3.09. The molecule has 2 aliphatic heterocycles. The maximum atomic E-state index is 13.1. The number of urea groups is 1. The molecule has 1 unspecified atom stereocenters. The standard InChI is InChI=1S/C17H20N4O5/c1-4-7-20-15(23)17(14(22)19(3)16(20)24)9-11-8-12(21(25)26)5-6-13(11)18(2)10-17/h5-6,8H,4,7,9-10H2,1-3H3. The van der Waals surface area contributed by atoms with Gasteiger partial charge in [0, 0.05) is 45.0 Å². The number of imide groups is 2. The predicted molar refractivity (Wildman–Crippen MR) is 92.7 cm³/mol. The number of carbonyl (C=O) groups is 3. The highest BCUT2D eigenvalue weighted by Gasteiger charge is 2.58. The van der Waals surface area contributed by atoms with Gasteiger partial charge in [-0.05, 0) is 24.5 Å². The van der Waals surface area contributed by atoms with Crippen molar-refractivity contribution in [2.75, 3.05) is 32.1 Å². The molecule has 1 aromatic carbocycles. The minimum absolute atomic E-state index is 0.0316. The van der Waals surface area contributed by atoms with Crippen molar-refractivity contribution in [3.05, 3.63) is 33.9 Å². The van der Waals surface area contributed by atoms with E-state index in [2.05, 4.69) is 0 Å². The second-order valence-electron chi connectivity index (χ2n) is 6.79. The normalized spacial score (nSPS) is 22.9. The van der Waals surface area contributed by atoms with Crippen LogP contribution in [0.4, 0.5) is 16.2 Å². The Morgan fingerprint density at radius 2 is 1.88 bits per heavy atom. The third-order valence-electron chi connectivity index (χ3n) is 5.02. The Labute approximate surface area is 150 Å². The van der Waals surface area contributed by atoms with Gasteiger partial charge in [-0.1, -0.05) is 6.92 Å². The van der Waals surface area contributed by atoms with E-state index in [1.807, 2.05) is 6.92 Å². The molecule has 0 N–H and O–H groups in total. The number of non-ortho nitro benzene ring substituents is 1. The van der Waals surface area contributed by atoms with Gasteiger partial charge in [-0.2, -0.15) is 0 Å². The number of amides is 4. The number of nitrogens with zero attached hydrogens (tertiary/aromatic N) is 4. The Morgan fingerprint density at radius 3 is 2.50 bits per heavy atom. The average Bonchev–Trinajstić information content (AvgIpc) is 2.62. The van der Waals surface area contributed by atoms with Gasteiger partial charge in [0.1, 0.15) is 0 Å². The summed E-state index contributed by atoms with van der Waals surface area (Å²) in [5.41, 5.74) is -0.258. The number of rotatable bonds is 3. The molecule has 1 fully saturated rings. The minimum Gasteiger partial charge on any atom is -0.373 e. The molecule has 0 saturated carbocycles. The Bertz CT molecular complexity index is 823. The molecule has 2 aliphatic rings. The summed E-state index contributed by atoms with van der Waals surface area (Å²) in [6, 6.07) is 3.79. The smallest absolute Gasteiger partial charge is 0.333 e. The lowest BCUT2D eigenvalue weighted by atomic mass is 9.74. The van der Waals surface area contributed by atoms with E-state index < -0.39 is 28.2 Å². The summed E-state index contributed by atoms with van der Waals surface area (Å²) >= 11 is 0. The van der Waals surface area contributed by atoms with Crippen LogP contribution in [0.5, 0.6) is 0 Å². The molecule has 0 aliphatic carbocycles. The Balaban J connectivity index is 2.10. The molecular weight excluding hydrogens is 340 g/mol. The van der Waals surface area contributed by atoms with Gasteiger partial charge in [0.05, 0.1) is 4.92 Å². The maximum absolute atomic E-state index is 13.1. The molecule has 2 heterocycles. The van der Waals surface area contributed by atoms with Gasteiger partial charge in [-0.15, -0.1) is 0 Å². The number of barbiturate groups is 1. The number of fused-ring (bicyclic) bond motifs is 1. The number of hydrogen-bond donors (Lipinski definition) is 0. The Kier molecular flexibility index (Phi) is 4.17. The van der Waals surface area contributed by atoms with Gasteiger partial charge in [0.2, 0.25) is 11.8 Å². The molecule has 1 aromatic rings. The molecule has 0 aromatic heterocycles. The fourth-order valence-corrected chi connectivity index (χ4v) is 3.80. The summed E-state index contributed by atoms with van der Waals surface area (Å²) < 4.78 is 0. The summed E-state index contributed by atoms with van der Waals surface area (Å²) in [5, 5.41) is 11.1. The fourth-order valence-electron chi connectivity index (χ4n) is 3.80. The maximum Gasteiger partial charge on any atom is 0.333 e. The van der Waals surface area contributed by atoms with Crippen molar-refractivity contribution in [2.45, 2.75) is 19.8 Å². The Hall–Kier alpha value is -2.97. The number of nitro benzene ring substituents is 1. The van der Waals surface area contributed by atoms with Crippen LogP contribution in [0.3, 0.4) is 0 Å².